The summed E-state index contributed by atoms with van der Waals surface area (Å²) < 4.78 is 6.46. The average Bonchev–Trinajstić information content (AvgIpc) is 2.59. The van der Waals surface area contributed by atoms with E-state index in [2.05, 4.69) is 0 Å². The van der Waals surface area contributed by atoms with Crippen molar-refractivity contribution in [2.45, 2.75) is 53.1 Å². The monoisotopic (exact) mass is 414 g/mol. The number of carbonyl (C=O) groups excluding carboxylic acids is 2. The Balaban J connectivity index is 0.000000521. The van der Waals surface area contributed by atoms with Crippen LogP contribution < -0.4 is 10.2 Å². The van der Waals surface area contributed by atoms with Crippen LogP contribution in [0.2, 0.25) is 0 Å². The molecule has 4 N–H and O–H groups in total. The van der Waals surface area contributed by atoms with Gasteiger partial charge >= 0.3 is 13.8 Å². The van der Waals surface area contributed by atoms with E-state index in [-0.39, 0.29) is 36.0 Å². The third-order valence-corrected chi connectivity index (χ3v) is 5.93. The van der Waals surface area contributed by atoms with Crippen molar-refractivity contribution in [3.05, 3.63) is 29.8 Å². The Kier molecular flexibility index (Phi) is 11.5. The number of esters is 1. The molecule has 1 rings (SSSR count). The second kappa shape index (κ2) is 12.4. The third-order valence-electron chi connectivity index (χ3n) is 3.44. The smallest absolute Gasteiger partial charge is 0.343 e. The molecule has 28 heavy (non-hydrogen) atoms. The molecule has 0 spiro atoms. The number of ether oxygens (including phenoxy) is 1. The summed E-state index contributed by atoms with van der Waals surface area (Å²) in [4.78, 5) is 41.5. The SMILES string of the molecule is CC(=O)Oc1ccccc1C(=O)NO.CC(C)N(C(C)C)[P+](O)(O)CCC#N. The van der Waals surface area contributed by atoms with Crippen molar-refractivity contribution in [1.29, 1.82) is 5.26 Å². The van der Waals surface area contributed by atoms with Crippen molar-refractivity contribution in [3.8, 4) is 11.8 Å². The van der Waals surface area contributed by atoms with Gasteiger partial charge in [0.15, 0.2) is 0 Å². The number of nitriles is 1. The van der Waals surface area contributed by atoms with E-state index in [4.69, 9.17) is 15.2 Å². The molecule has 1 aromatic rings. The highest BCUT2D eigenvalue weighted by Crippen LogP contribution is 2.56. The number of hydrogen-bond acceptors (Lipinski definition) is 8. The van der Waals surface area contributed by atoms with E-state index in [1.165, 1.54) is 24.5 Å². The summed E-state index contributed by atoms with van der Waals surface area (Å²) in [6, 6.07) is 8.21. The molecular formula is C18H29N3O6P+. The zero-order valence-corrected chi connectivity index (χ0v) is 17.7. The maximum Gasteiger partial charge on any atom is 0.343 e. The topological polar surface area (TPSA) is 143 Å². The number of nitrogens with one attached hydrogen (secondary N) is 1. The minimum atomic E-state index is -3.07. The van der Waals surface area contributed by atoms with Crippen LogP contribution in [0.1, 0.15) is 51.4 Å². The van der Waals surface area contributed by atoms with Gasteiger partial charge in [0.1, 0.15) is 11.9 Å². The van der Waals surface area contributed by atoms with E-state index >= 15 is 0 Å². The number of amides is 1. The van der Waals surface area contributed by atoms with Crippen LogP contribution in [0.3, 0.4) is 0 Å². The molecule has 0 unspecified atom stereocenters. The van der Waals surface area contributed by atoms with Crippen molar-refractivity contribution in [2.75, 3.05) is 6.16 Å². The molecule has 0 fully saturated rings. The van der Waals surface area contributed by atoms with Gasteiger partial charge in [0.2, 0.25) is 0 Å². The van der Waals surface area contributed by atoms with Gasteiger partial charge in [-0.15, -0.1) is 4.67 Å². The third kappa shape index (κ3) is 8.74. The second-order valence-corrected chi connectivity index (χ2v) is 8.72. The Morgan fingerprint density at radius 3 is 2.18 bits per heavy atom. The maximum atomic E-state index is 11.1. The van der Waals surface area contributed by atoms with Gasteiger partial charge in [0.05, 0.1) is 18.1 Å². The van der Waals surface area contributed by atoms with Gasteiger partial charge in [0, 0.05) is 19.0 Å². The maximum absolute atomic E-state index is 11.1. The number of hydroxylamine groups is 1. The first kappa shape index (κ1) is 25.9. The van der Waals surface area contributed by atoms with Crippen molar-refractivity contribution in [3.63, 3.8) is 0 Å². The van der Waals surface area contributed by atoms with Crippen LogP contribution >= 0.6 is 7.87 Å². The van der Waals surface area contributed by atoms with Gasteiger partial charge in [-0.1, -0.05) is 12.1 Å². The van der Waals surface area contributed by atoms with Gasteiger partial charge < -0.3 is 4.74 Å². The molecule has 0 saturated carbocycles. The molecule has 0 aliphatic carbocycles. The van der Waals surface area contributed by atoms with Gasteiger partial charge in [-0.2, -0.15) is 5.26 Å². The fourth-order valence-corrected chi connectivity index (χ4v) is 4.72. The summed E-state index contributed by atoms with van der Waals surface area (Å²) in [5, 5.41) is 16.8. The Bertz CT molecular complexity index is 680. The summed E-state index contributed by atoms with van der Waals surface area (Å²) in [6.45, 7) is 8.93. The van der Waals surface area contributed by atoms with E-state index in [1.54, 1.807) is 16.8 Å². The van der Waals surface area contributed by atoms with Crippen molar-refractivity contribution < 1.29 is 29.3 Å². The summed E-state index contributed by atoms with van der Waals surface area (Å²) in [5.41, 5.74) is 1.57. The predicted molar refractivity (Wildman–Crippen MR) is 106 cm³/mol. The standard InChI is InChI=1S/C9H20N2O2P.C9H9NO4/c1-8(2)11(9(3)4)14(12,13)7-5-6-10;1-6(11)14-8-5-3-2-4-7(8)9(12)10-13/h8-9,12-13H,5,7H2,1-4H3;2-5,13H,1H3,(H,10,12)/q+1;. The molecule has 0 aliphatic heterocycles. The number of hydrogen-bond donors (Lipinski definition) is 4. The van der Waals surface area contributed by atoms with E-state index in [0.717, 1.165) is 0 Å². The quantitative estimate of drug-likeness (QED) is 0.175. The molecule has 0 aromatic heterocycles. The molecule has 10 heteroatoms. The molecule has 1 amide bonds. The Hall–Kier alpha value is -2.08. The molecule has 0 aliphatic rings. The summed E-state index contributed by atoms with van der Waals surface area (Å²) in [7, 11) is -3.07. The number of carbonyl (C=O) groups is 2. The summed E-state index contributed by atoms with van der Waals surface area (Å²) in [5.74, 6) is -1.13. The predicted octanol–water partition coefficient (Wildman–Crippen LogP) is 2.50. The second-order valence-electron chi connectivity index (χ2n) is 6.42. The van der Waals surface area contributed by atoms with Crippen LogP contribution in [0.25, 0.3) is 0 Å². The summed E-state index contributed by atoms with van der Waals surface area (Å²) in [6.07, 6.45) is 0.358. The van der Waals surface area contributed by atoms with Crippen LogP contribution in [0, 0.1) is 11.3 Å². The first-order valence-electron chi connectivity index (χ1n) is 8.69. The van der Waals surface area contributed by atoms with E-state index in [9.17, 15) is 19.4 Å². The first-order chi connectivity index (χ1) is 13.0. The van der Waals surface area contributed by atoms with Crippen LogP contribution in [-0.4, -0.2) is 49.8 Å². The Labute approximate surface area is 166 Å². The fourth-order valence-electron chi connectivity index (χ4n) is 2.61. The molecule has 9 nitrogen and oxygen atoms in total. The molecule has 0 atom stereocenters. The number of para-hydroxylation sites is 1. The largest absolute Gasteiger partial charge is 0.426 e. The first-order valence-corrected chi connectivity index (χ1v) is 10.5. The van der Waals surface area contributed by atoms with Crippen molar-refractivity contribution in [1.82, 2.24) is 10.2 Å². The van der Waals surface area contributed by atoms with Gasteiger partial charge in [-0.3, -0.25) is 14.8 Å². The zero-order chi connectivity index (χ0) is 21.9. The van der Waals surface area contributed by atoms with Crippen molar-refractivity contribution in [2.24, 2.45) is 0 Å². The minimum Gasteiger partial charge on any atom is -0.426 e. The molecule has 1 aromatic carbocycles. The minimum absolute atomic E-state index is 0.0806. The van der Waals surface area contributed by atoms with Crippen LogP contribution in [0.4, 0.5) is 0 Å². The average molecular weight is 414 g/mol. The van der Waals surface area contributed by atoms with Gasteiger partial charge in [-0.05, 0) is 39.8 Å². The highest BCUT2D eigenvalue weighted by atomic mass is 31.2. The van der Waals surface area contributed by atoms with Gasteiger partial charge in [0.25, 0.3) is 5.91 Å². The van der Waals surface area contributed by atoms with Crippen LogP contribution in [0.15, 0.2) is 24.3 Å². The molecule has 0 bridgehead atoms. The van der Waals surface area contributed by atoms with Crippen LogP contribution in [-0.2, 0) is 4.79 Å². The summed E-state index contributed by atoms with van der Waals surface area (Å²) >= 11 is 0. The van der Waals surface area contributed by atoms with E-state index in [1.807, 2.05) is 33.8 Å². The molecule has 0 radical (unpaired) electrons. The number of benzene rings is 1. The Morgan fingerprint density at radius 2 is 1.75 bits per heavy atom. The van der Waals surface area contributed by atoms with E-state index < -0.39 is 19.7 Å². The lowest BCUT2D eigenvalue weighted by molar-refractivity contribution is -0.131. The molecule has 156 valence electrons. The van der Waals surface area contributed by atoms with Crippen molar-refractivity contribution >= 4 is 19.7 Å². The lowest BCUT2D eigenvalue weighted by atomic mass is 10.2. The van der Waals surface area contributed by atoms with Crippen LogP contribution in [0.5, 0.6) is 5.75 Å². The van der Waals surface area contributed by atoms with Gasteiger partial charge in [-0.25, -0.2) is 15.3 Å². The zero-order valence-electron chi connectivity index (χ0n) is 16.8. The van der Waals surface area contributed by atoms with E-state index in [0.29, 0.717) is 0 Å². The Morgan fingerprint density at radius 1 is 1.21 bits per heavy atom. The number of rotatable bonds is 7. The highest BCUT2D eigenvalue weighted by molar-refractivity contribution is 7.62. The lowest BCUT2D eigenvalue weighted by Crippen LogP contribution is -2.37. The molecular weight excluding hydrogens is 385 g/mol. The number of nitrogens with zero attached hydrogens (tertiary/aromatic N) is 2. The highest BCUT2D eigenvalue weighted by Gasteiger charge is 2.44. The molecule has 0 saturated heterocycles. The lowest BCUT2D eigenvalue weighted by Gasteiger charge is -2.31. The normalized spacial score (nSPS) is 10.9. The fraction of sp³-hybridized carbons (Fsp3) is 0.500. The molecule has 0 heterocycles.